The number of unbranched alkanes of at least 4 members (excludes halogenated alkanes) is 1. The summed E-state index contributed by atoms with van der Waals surface area (Å²) in [5, 5.41) is 6.14. The molecule has 1 amide bonds. The van der Waals surface area contributed by atoms with Crippen LogP contribution in [0.4, 0.5) is 11.4 Å². The van der Waals surface area contributed by atoms with Gasteiger partial charge in [-0.2, -0.15) is 5.01 Å². The third-order valence-corrected chi connectivity index (χ3v) is 5.06. The van der Waals surface area contributed by atoms with Gasteiger partial charge in [-0.3, -0.25) is 9.78 Å². The van der Waals surface area contributed by atoms with Crippen LogP contribution in [0.25, 0.3) is 10.9 Å². The predicted molar refractivity (Wildman–Crippen MR) is 112 cm³/mol. The highest BCUT2D eigenvalue weighted by atomic mass is 16.1. The maximum atomic E-state index is 12.6. The fourth-order valence-corrected chi connectivity index (χ4v) is 3.52. The molecular formula is C22H26N5O+. The second-order valence-corrected chi connectivity index (χ2v) is 7.08. The minimum absolute atomic E-state index is 0.0554. The average molecular weight is 376 g/mol. The molecule has 0 saturated carbocycles. The first-order chi connectivity index (χ1) is 13.8. The van der Waals surface area contributed by atoms with Gasteiger partial charge in [0.15, 0.2) is 0 Å². The van der Waals surface area contributed by atoms with Crippen LogP contribution >= 0.6 is 0 Å². The van der Waals surface area contributed by atoms with Crippen molar-refractivity contribution in [2.75, 3.05) is 10.3 Å². The van der Waals surface area contributed by atoms with Crippen molar-refractivity contribution >= 4 is 28.2 Å². The number of pyridine rings is 1. The zero-order valence-electron chi connectivity index (χ0n) is 16.1. The van der Waals surface area contributed by atoms with Gasteiger partial charge in [-0.15, -0.1) is 5.53 Å². The molecule has 0 saturated heterocycles. The topological polar surface area (TPSA) is 73.9 Å². The number of benzene rings is 1. The molecule has 4 rings (SSSR count). The van der Waals surface area contributed by atoms with Crippen LogP contribution in [-0.2, 0) is 4.79 Å². The molecule has 1 aromatic carbocycles. The van der Waals surface area contributed by atoms with Gasteiger partial charge in [0.05, 0.1) is 23.1 Å². The molecule has 0 spiro atoms. The van der Waals surface area contributed by atoms with Gasteiger partial charge in [0.2, 0.25) is 0 Å². The van der Waals surface area contributed by atoms with Gasteiger partial charge in [0.25, 0.3) is 5.91 Å². The highest BCUT2D eigenvalue weighted by Gasteiger charge is 2.21. The number of carbonyl (C=O) groups excluding carboxylic acids is 1. The first-order valence-electron chi connectivity index (χ1n) is 9.90. The zero-order valence-corrected chi connectivity index (χ0v) is 16.1. The van der Waals surface area contributed by atoms with E-state index in [1.165, 1.54) is 18.5 Å². The molecule has 6 nitrogen and oxygen atoms in total. The summed E-state index contributed by atoms with van der Waals surface area (Å²) in [4.78, 5) is 17.2. The lowest BCUT2D eigenvalue weighted by Gasteiger charge is -2.16. The molecule has 4 N–H and O–H groups in total. The number of anilines is 2. The van der Waals surface area contributed by atoms with E-state index in [0.29, 0.717) is 0 Å². The summed E-state index contributed by atoms with van der Waals surface area (Å²) in [5.41, 5.74) is 9.92. The molecule has 0 fully saturated rings. The third-order valence-electron chi connectivity index (χ3n) is 5.06. The highest BCUT2D eigenvalue weighted by Crippen LogP contribution is 2.31. The number of rotatable bonds is 6. The van der Waals surface area contributed by atoms with E-state index >= 15 is 0 Å². The number of nitrogens with two attached hydrogens (primary N) is 1. The number of fused-ring (bicyclic) bond motifs is 1. The summed E-state index contributed by atoms with van der Waals surface area (Å²) in [5.74, 6) is -0.0554. The molecular weight excluding hydrogens is 350 g/mol. The van der Waals surface area contributed by atoms with Gasteiger partial charge in [-0.05, 0) is 49.9 Å². The number of carbonyl (C=O) groups is 1. The van der Waals surface area contributed by atoms with E-state index in [1.807, 2.05) is 42.0 Å². The monoisotopic (exact) mass is 376 g/mol. The van der Waals surface area contributed by atoms with Gasteiger partial charge < -0.3 is 5.32 Å². The van der Waals surface area contributed by atoms with E-state index in [1.54, 1.807) is 6.20 Å². The van der Waals surface area contributed by atoms with Crippen molar-refractivity contribution in [3.63, 3.8) is 0 Å². The number of nitrogens with zero attached hydrogens (tertiary/aromatic N) is 2. The second kappa shape index (κ2) is 8.27. The van der Waals surface area contributed by atoms with Gasteiger partial charge in [-0.25, -0.2) is 5.43 Å². The first kappa shape index (κ1) is 18.3. The SMILES string of the molecule is CCCCC1=CN(c2ccc(NC(=O)C3=CC=CCC3)c3ncccc23)[NH2+]N1. The number of allylic oxidation sites excluding steroid dienone is 4. The Hall–Kier alpha value is -3.12. The van der Waals surface area contributed by atoms with Crippen LogP contribution in [0.5, 0.6) is 0 Å². The number of amides is 1. The minimum atomic E-state index is -0.0554. The second-order valence-electron chi connectivity index (χ2n) is 7.08. The Balaban J connectivity index is 1.62. The summed E-state index contributed by atoms with van der Waals surface area (Å²) in [6, 6.07) is 7.94. The van der Waals surface area contributed by atoms with Gasteiger partial charge in [0.1, 0.15) is 5.69 Å². The van der Waals surface area contributed by atoms with Crippen LogP contribution in [0, 0.1) is 0 Å². The quantitative estimate of drug-likeness (QED) is 0.677. The standard InChI is InChI=1S/C22H25N5O/c1-2-3-10-17-15-27(26-25-17)20-13-12-19(21-18(20)11-7-14-23-21)24-22(28)16-8-5-4-6-9-16/h4-5,7-8,11-15,25-26H,2-3,6,9-10H2,1H3,(H,24,28)/p+1. The molecule has 0 radical (unpaired) electrons. The van der Waals surface area contributed by atoms with Gasteiger partial charge in [-0.1, -0.05) is 31.6 Å². The molecule has 1 aliphatic heterocycles. The predicted octanol–water partition coefficient (Wildman–Crippen LogP) is 3.28. The smallest absolute Gasteiger partial charge is 0.251 e. The summed E-state index contributed by atoms with van der Waals surface area (Å²) in [6.07, 6.45) is 14.8. The Morgan fingerprint density at radius 1 is 1.36 bits per heavy atom. The van der Waals surface area contributed by atoms with Gasteiger partial charge >= 0.3 is 0 Å². The summed E-state index contributed by atoms with van der Waals surface area (Å²) in [7, 11) is 0. The van der Waals surface area contributed by atoms with Crippen molar-refractivity contribution in [2.45, 2.75) is 39.0 Å². The van der Waals surface area contributed by atoms with Crippen molar-refractivity contribution in [1.82, 2.24) is 10.4 Å². The van der Waals surface area contributed by atoms with Crippen molar-refractivity contribution in [2.24, 2.45) is 0 Å². The lowest BCUT2D eigenvalue weighted by Crippen LogP contribution is -2.97. The molecule has 2 heterocycles. The van der Waals surface area contributed by atoms with Crippen LogP contribution in [0.3, 0.4) is 0 Å². The average Bonchev–Trinajstić information content (AvgIpc) is 3.22. The minimum Gasteiger partial charge on any atom is -0.320 e. The van der Waals surface area contributed by atoms with Crippen LogP contribution < -0.4 is 21.3 Å². The van der Waals surface area contributed by atoms with Crippen molar-refractivity contribution in [3.8, 4) is 0 Å². The van der Waals surface area contributed by atoms with E-state index in [0.717, 1.165) is 47.1 Å². The van der Waals surface area contributed by atoms with Crippen LogP contribution in [0.2, 0.25) is 0 Å². The number of hydrogen-bond donors (Lipinski definition) is 3. The Labute approximate surface area is 165 Å². The maximum absolute atomic E-state index is 12.6. The van der Waals surface area contributed by atoms with E-state index in [9.17, 15) is 4.79 Å². The van der Waals surface area contributed by atoms with Crippen molar-refractivity contribution in [3.05, 3.63) is 66.2 Å². The summed E-state index contributed by atoms with van der Waals surface area (Å²) in [6.45, 7) is 2.20. The van der Waals surface area contributed by atoms with E-state index in [-0.39, 0.29) is 5.91 Å². The third kappa shape index (κ3) is 3.77. The molecule has 0 atom stereocenters. The molecule has 6 heteroatoms. The normalized spacial score (nSPS) is 16.0. The zero-order chi connectivity index (χ0) is 19.3. The summed E-state index contributed by atoms with van der Waals surface area (Å²) >= 11 is 0. The van der Waals surface area contributed by atoms with E-state index < -0.39 is 0 Å². The maximum Gasteiger partial charge on any atom is 0.251 e. The highest BCUT2D eigenvalue weighted by molar-refractivity contribution is 6.10. The molecule has 2 aromatic rings. The molecule has 1 aromatic heterocycles. The summed E-state index contributed by atoms with van der Waals surface area (Å²) < 4.78 is 0. The van der Waals surface area contributed by atoms with Crippen LogP contribution in [0.15, 0.2) is 66.2 Å². The first-order valence-corrected chi connectivity index (χ1v) is 9.90. The molecule has 0 bridgehead atoms. The number of quaternary nitrogens is 1. The molecule has 144 valence electrons. The van der Waals surface area contributed by atoms with Crippen LogP contribution in [-0.4, -0.2) is 10.9 Å². The molecule has 28 heavy (non-hydrogen) atoms. The van der Waals surface area contributed by atoms with Gasteiger partial charge in [0, 0.05) is 17.2 Å². The van der Waals surface area contributed by atoms with Crippen molar-refractivity contribution in [1.29, 1.82) is 0 Å². The lowest BCUT2D eigenvalue weighted by molar-refractivity contribution is -0.700. The molecule has 1 aliphatic carbocycles. The fourth-order valence-electron chi connectivity index (χ4n) is 3.52. The Morgan fingerprint density at radius 3 is 3.11 bits per heavy atom. The Morgan fingerprint density at radius 2 is 2.29 bits per heavy atom. The fraction of sp³-hybridized carbons (Fsp3) is 0.273. The van der Waals surface area contributed by atoms with E-state index in [4.69, 9.17) is 0 Å². The lowest BCUT2D eigenvalue weighted by atomic mass is 10.0. The van der Waals surface area contributed by atoms with Crippen LogP contribution in [0.1, 0.15) is 39.0 Å². The van der Waals surface area contributed by atoms with E-state index in [2.05, 4.69) is 39.9 Å². The molecule has 2 aliphatic rings. The Bertz CT molecular complexity index is 976. The largest absolute Gasteiger partial charge is 0.320 e. The Kier molecular flexibility index (Phi) is 5.39. The number of aromatic nitrogens is 1. The van der Waals surface area contributed by atoms with Crippen molar-refractivity contribution < 1.29 is 10.3 Å². The number of hydrogen-bond acceptors (Lipinski definition) is 4. The molecule has 0 unspecified atom stereocenters. The number of nitrogens with one attached hydrogen (secondary N) is 2.